The Hall–Kier alpha value is -1.34. The van der Waals surface area contributed by atoms with E-state index in [9.17, 15) is 10.0 Å². The third-order valence-electron chi connectivity index (χ3n) is 10.4. The van der Waals surface area contributed by atoms with Crippen molar-refractivity contribution < 1.29 is 14.7 Å². The standard InChI is InChI=1S/C29H43BO3Si2/c1-34(2,23-13-7-5-8-14-23)29(35(3,4)24-15-9-6-10-16-24)27-18-12-11-17-25(27)26-20-19-22(21-28(26)29)33-30(31)32/h11-12,17-21,23-24,31-32H,5-10,13-16H2,1-4H3. The number of fused-ring (bicyclic) bond motifs is 3. The van der Waals surface area contributed by atoms with E-state index < -0.39 is 23.5 Å². The van der Waals surface area contributed by atoms with E-state index in [1.165, 1.54) is 80.9 Å². The van der Waals surface area contributed by atoms with Crippen molar-refractivity contribution >= 4 is 23.5 Å². The Morgan fingerprint density at radius 2 is 1.23 bits per heavy atom. The van der Waals surface area contributed by atoms with Gasteiger partial charge in [-0.15, -0.1) is 0 Å². The van der Waals surface area contributed by atoms with Gasteiger partial charge in [-0.25, -0.2) is 0 Å². The van der Waals surface area contributed by atoms with Gasteiger partial charge in [0.25, 0.3) is 0 Å². The van der Waals surface area contributed by atoms with Gasteiger partial charge in [-0.2, -0.15) is 0 Å². The van der Waals surface area contributed by atoms with E-state index in [4.69, 9.17) is 4.65 Å². The summed E-state index contributed by atoms with van der Waals surface area (Å²) >= 11 is 0. The van der Waals surface area contributed by atoms with Crippen LogP contribution in [0.3, 0.4) is 0 Å². The molecule has 35 heavy (non-hydrogen) atoms. The normalized spacial score (nSPS) is 20.9. The molecule has 0 unspecified atom stereocenters. The van der Waals surface area contributed by atoms with Gasteiger partial charge >= 0.3 is 7.32 Å². The predicted molar refractivity (Wildman–Crippen MR) is 152 cm³/mol. The lowest BCUT2D eigenvalue weighted by Crippen LogP contribution is -2.69. The molecule has 0 amide bonds. The fourth-order valence-corrected chi connectivity index (χ4v) is 25.4. The second-order valence-corrected chi connectivity index (χ2v) is 23.1. The first-order chi connectivity index (χ1) is 16.7. The second-order valence-electron chi connectivity index (χ2n) is 12.6. The minimum atomic E-state index is -1.92. The molecule has 0 saturated heterocycles. The van der Waals surface area contributed by atoms with Crippen molar-refractivity contribution in [2.24, 2.45) is 0 Å². The van der Waals surface area contributed by atoms with E-state index in [0.717, 1.165) is 11.1 Å². The van der Waals surface area contributed by atoms with Crippen LogP contribution in [0.1, 0.15) is 75.3 Å². The predicted octanol–water partition coefficient (Wildman–Crippen LogP) is 7.47. The summed E-state index contributed by atoms with van der Waals surface area (Å²) < 4.78 is 5.57. The summed E-state index contributed by atoms with van der Waals surface area (Å²) in [4.78, 5) is 0. The second kappa shape index (κ2) is 9.51. The van der Waals surface area contributed by atoms with Gasteiger partial charge in [0.1, 0.15) is 5.75 Å². The average Bonchev–Trinajstić information content (AvgIpc) is 3.16. The van der Waals surface area contributed by atoms with E-state index in [1.807, 2.05) is 6.07 Å². The van der Waals surface area contributed by atoms with Crippen LogP contribution in [0.4, 0.5) is 0 Å². The third-order valence-corrected chi connectivity index (χ3v) is 24.5. The molecule has 6 heteroatoms. The molecule has 2 fully saturated rings. The van der Waals surface area contributed by atoms with Gasteiger partial charge in [0.05, 0.1) is 16.1 Å². The summed E-state index contributed by atoms with van der Waals surface area (Å²) in [6, 6.07) is 15.6. The van der Waals surface area contributed by atoms with Gasteiger partial charge in [0.15, 0.2) is 0 Å². The van der Waals surface area contributed by atoms with Crippen LogP contribution in [-0.4, -0.2) is 33.5 Å². The van der Waals surface area contributed by atoms with Crippen LogP contribution in [0.25, 0.3) is 11.1 Å². The van der Waals surface area contributed by atoms with E-state index in [2.05, 4.69) is 62.6 Å². The van der Waals surface area contributed by atoms with Crippen molar-refractivity contribution in [3.8, 4) is 16.9 Å². The highest BCUT2D eigenvalue weighted by atomic mass is 28.4. The number of rotatable bonds is 6. The minimum Gasteiger partial charge on any atom is -0.512 e. The van der Waals surface area contributed by atoms with Crippen molar-refractivity contribution in [3.63, 3.8) is 0 Å². The van der Waals surface area contributed by atoms with Gasteiger partial charge in [0, 0.05) is 4.66 Å². The molecule has 3 nitrogen and oxygen atoms in total. The Morgan fingerprint density at radius 1 is 0.714 bits per heavy atom. The molecule has 0 aromatic heterocycles. The molecule has 0 heterocycles. The molecule has 0 spiro atoms. The van der Waals surface area contributed by atoms with Crippen LogP contribution >= 0.6 is 0 Å². The van der Waals surface area contributed by atoms with Crippen LogP contribution < -0.4 is 4.65 Å². The summed E-state index contributed by atoms with van der Waals surface area (Å²) in [6.45, 7) is 10.9. The Bertz CT molecular complexity index is 1030. The average molecular weight is 507 g/mol. The summed E-state index contributed by atoms with van der Waals surface area (Å²) in [7, 11) is -5.64. The molecule has 2 aromatic carbocycles. The van der Waals surface area contributed by atoms with Crippen molar-refractivity contribution in [1.82, 2.24) is 0 Å². The van der Waals surface area contributed by atoms with Gasteiger partial charge in [-0.1, -0.05) is 121 Å². The molecule has 2 N–H and O–H groups in total. The molecule has 3 aliphatic rings. The lowest BCUT2D eigenvalue weighted by atomic mass is 10.00. The molecule has 0 aliphatic heterocycles. The van der Waals surface area contributed by atoms with E-state index in [0.29, 0.717) is 5.75 Å². The van der Waals surface area contributed by atoms with Crippen molar-refractivity contribution in [3.05, 3.63) is 53.6 Å². The van der Waals surface area contributed by atoms with Crippen LogP contribution in [0.2, 0.25) is 37.3 Å². The van der Waals surface area contributed by atoms with Crippen LogP contribution in [0, 0.1) is 0 Å². The van der Waals surface area contributed by atoms with Gasteiger partial charge in [0.2, 0.25) is 0 Å². The third kappa shape index (κ3) is 3.91. The zero-order chi connectivity index (χ0) is 24.8. The fourth-order valence-electron chi connectivity index (χ4n) is 8.93. The molecule has 2 aromatic rings. The molecule has 0 atom stereocenters. The quantitative estimate of drug-likeness (QED) is 0.400. The highest BCUT2D eigenvalue weighted by molar-refractivity contribution is 7.02. The maximum atomic E-state index is 9.64. The lowest BCUT2D eigenvalue weighted by Gasteiger charge is -2.60. The van der Waals surface area contributed by atoms with Crippen molar-refractivity contribution in [2.75, 3.05) is 0 Å². The molecule has 2 saturated carbocycles. The molecule has 3 aliphatic carbocycles. The number of hydrogen-bond acceptors (Lipinski definition) is 3. The summed E-state index contributed by atoms with van der Waals surface area (Å²) in [5, 5.41) is 19.3. The maximum Gasteiger partial charge on any atom is 0.707 e. The first kappa shape index (κ1) is 25.3. The Kier molecular flexibility index (Phi) is 6.88. The lowest BCUT2D eigenvalue weighted by molar-refractivity contribution is 0.288. The van der Waals surface area contributed by atoms with Gasteiger partial charge in [-0.3, -0.25) is 0 Å². The molecule has 0 bridgehead atoms. The topological polar surface area (TPSA) is 49.7 Å². The first-order valence-electron chi connectivity index (χ1n) is 14.0. The van der Waals surface area contributed by atoms with Crippen LogP contribution in [0.5, 0.6) is 5.75 Å². The van der Waals surface area contributed by atoms with E-state index >= 15 is 0 Å². The minimum absolute atomic E-state index is 0.0791. The molecule has 0 radical (unpaired) electrons. The summed E-state index contributed by atoms with van der Waals surface area (Å²) in [5.41, 5.74) is 7.43. The summed E-state index contributed by atoms with van der Waals surface area (Å²) in [5.74, 6) is 0.581. The number of benzene rings is 2. The molecule has 188 valence electrons. The van der Waals surface area contributed by atoms with Gasteiger partial charge in [-0.05, 0) is 45.5 Å². The summed E-state index contributed by atoms with van der Waals surface area (Å²) in [6.07, 6.45) is 13.8. The Labute approximate surface area is 214 Å². The van der Waals surface area contributed by atoms with Crippen LogP contribution in [0.15, 0.2) is 42.5 Å². The zero-order valence-electron chi connectivity index (χ0n) is 22.1. The van der Waals surface area contributed by atoms with Gasteiger partial charge < -0.3 is 14.7 Å². The van der Waals surface area contributed by atoms with E-state index in [1.54, 1.807) is 5.56 Å². The zero-order valence-corrected chi connectivity index (χ0v) is 24.1. The van der Waals surface area contributed by atoms with E-state index in [-0.39, 0.29) is 4.66 Å². The largest absolute Gasteiger partial charge is 0.707 e. The SMILES string of the molecule is C[Si](C)(C1CCCCC1)C1([Si](C)(C)C2CCCCC2)c2ccccc2-c2ccc(OB(O)O)cc21. The molecular weight excluding hydrogens is 463 g/mol. The fraction of sp³-hybridized carbons (Fsp3) is 0.586. The molecule has 5 rings (SSSR count). The van der Waals surface area contributed by atoms with Crippen molar-refractivity contribution in [2.45, 2.75) is 106 Å². The maximum absolute atomic E-state index is 9.64. The highest BCUT2D eigenvalue weighted by Gasteiger charge is 2.66. The molecular formula is C29H43BO3Si2. The highest BCUT2D eigenvalue weighted by Crippen LogP contribution is 2.65. The Morgan fingerprint density at radius 3 is 1.77 bits per heavy atom. The Balaban J connectivity index is 1.81. The number of hydrogen-bond donors (Lipinski definition) is 2. The van der Waals surface area contributed by atoms with Crippen molar-refractivity contribution in [1.29, 1.82) is 0 Å². The monoisotopic (exact) mass is 506 g/mol. The van der Waals surface area contributed by atoms with Crippen LogP contribution in [-0.2, 0) is 4.66 Å². The smallest absolute Gasteiger partial charge is 0.512 e. The first-order valence-corrected chi connectivity index (χ1v) is 20.1.